The molecule has 0 aromatic carbocycles. The zero-order valence-corrected chi connectivity index (χ0v) is 8.06. The molecule has 4 nitrogen and oxygen atoms in total. The van der Waals surface area contributed by atoms with Crippen molar-refractivity contribution in [3.8, 4) is 0 Å². The topological polar surface area (TPSA) is 55.4 Å². The third-order valence-electron chi connectivity index (χ3n) is 1.99. The van der Waals surface area contributed by atoms with Gasteiger partial charge in [0.05, 0.1) is 12.9 Å². The quantitative estimate of drug-likeness (QED) is 0.637. The van der Waals surface area contributed by atoms with E-state index in [2.05, 4.69) is 9.50 Å². The van der Waals surface area contributed by atoms with Crippen LogP contribution in [0.1, 0.15) is 12.8 Å². The molecular weight excluding hydrogens is 178 g/mol. The Kier molecular flexibility index (Phi) is 3.49. The summed E-state index contributed by atoms with van der Waals surface area (Å²) < 4.78 is 25.8. The highest BCUT2D eigenvalue weighted by molar-refractivity contribution is 7.85. The van der Waals surface area contributed by atoms with Crippen molar-refractivity contribution in [2.24, 2.45) is 5.92 Å². The third-order valence-corrected chi connectivity index (χ3v) is 2.58. The van der Waals surface area contributed by atoms with Gasteiger partial charge in [-0.3, -0.25) is 4.18 Å². The first kappa shape index (κ1) is 9.95. The van der Waals surface area contributed by atoms with E-state index in [1.54, 1.807) is 0 Å². The van der Waals surface area contributed by atoms with Gasteiger partial charge in [-0.2, -0.15) is 8.42 Å². The molecule has 0 aromatic rings. The Morgan fingerprint density at radius 1 is 1.58 bits per heavy atom. The molecule has 0 saturated carbocycles. The fourth-order valence-electron chi connectivity index (χ4n) is 1.33. The smallest absolute Gasteiger partial charge is 0.264 e. The number of hydrogen-bond donors (Lipinski definition) is 1. The van der Waals surface area contributed by atoms with Crippen molar-refractivity contribution in [2.45, 2.75) is 12.8 Å². The van der Waals surface area contributed by atoms with E-state index >= 15 is 0 Å². The van der Waals surface area contributed by atoms with Gasteiger partial charge in [-0.05, 0) is 31.8 Å². The predicted octanol–water partition coefficient (Wildman–Crippen LogP) is -0.0378. The van der Waals surface area contributed by atoms with Crippen LogP contribution < -0.4 is 5.32 Å². The van der Waals surface area contributed by atoms with Gasteiger partial charge in [0.15, 0.2) is 0 Å². The molecule has 1 fully saturated rings. The van der Waals surface area contributed by atoms with Gasteiger partial charge >= 0.3 is 0 Å². The summed E-state index contributed by atoms with van der Waals surface area (Å²) in [5, 5.41) is 3.21. The standard InChI is InChI=1S/C7H15NO3S/c1-12(9,10)11-5-3-7-2-4-8-6-7/h7-8H,2-6H2,1H3/t7-/m0/s1. The molecule has 5 heteroatoms. The van der Waals surface area contributed by atoms with Crippen molar-refractivity contribution in [2.75, 3.05) is 26.0 Å². The maximum absolute atomic E-state index is 10.6. The van der Waals surface area contributed by atoms with Crippen LogP contribution in [0.2, 0.25) is 0 Å². The summed E-state index contributed by atoms with van der Waals surface area (Å²) in [5.41, 5.74) is 0. The van der Waals surface area contributed by atoms with Gasteiger partial charge in [0, 0.05) is 0 Å². The minimum absolute atomic E-state index is 0.325. The largest absolute Gasteiger partial charge is 0.316 e. The summed E-state index contributed by atoms with van der Waals surface area (Å²) in [6.07, 6.45) is 3.05. The van der Waals surface area contributed by atoms with Crippen LogP contribution in [0.4, 0.5) is 0 Å². The maximum Gasteiger partial charge on any atom is 0.264 e. The van der Waals surface area contributed by atoms with Gasteiger partial charge in [0.25, 0.3) is 10.1 Å². The lowest BCUT2D eigenvalue weighted by Crippen LogP contribution is -2.12. The van der Waals surface area contributed by atoms with Gasteiger partial charge in [-0.15, -0.1) is 0 Å². The molecule has 0 bridgehead atoms. The zero-order chi connectivity index (χ0) is 9.03. The van der Waals surface area contributed by atoms with E-state index in [1.165, 1.54) is 0 Å². The minimum atomic E-state index is -3.24. The third kappa shape index (κ3) is 4.04. The number of hydrogen-bond acceptors (Lipinski definition) is 4. The van der Waals surface area contributed by atoms with Crippen LogP contribution in [0.15, 0.2) is 0 Å². The highest BCUT2D eigenvalue weighted by Crippen LogP contribution is 2.12. The van der Waals surface area contributed by atoms with Crippen molar-refractivity contribution in [3.63, 3.8) is 0 Å². The lowest BCUT2D eigenvalue weighted by Gasteiger charge is -2.06. The highest BCUT2D eigenvalue weighted by atomic mass is 32.2. The molecule has 0 amide bonds. The fraction of sp³-hybridized carbons (Fsp3) is 1.00. The molecule has 1 rings (SSSR count). The van der Waals surface area contributed by atoms with Crippen molar-refractivity contribution in [1.29, 1.82) is 0 Å². The molecule has 1 heterocycles. The molecule has 0 radical (unpaired) electrons. The van der Waals surface area contributed by atoms with Crippen LogP contribution in [0.5, 0.6) is 0 Å². The predicted molar refractivity (Wildman–Crippen MR) is 46.4 cm³/mol. The second kappa shape index (κ2) is 4.20. The zero-order valence-electron chi connectivity index (χ0n) is 7.25. The molecule has 0 aliphatic carbocycles. The molecule has 0 aromatic heterocycles. The van der Waals surface area contributed by atoms with Gasteiger partial charge in [0.1, 0.15) is 0 Å². The Morgan fingerprint density at radius 2 is 2.33 bits per heavy atom. The lowest BCUT2D eigenvalue weighted by atomic mass is 10.1. The molecule has 12 heavy (non-hydrogen) atoms. The van der Waals surface area contributed by atoms with Gasteiger partial charge in [-0.25, -0.2) is 0 Å². The lowest BCUT2D eigenvalue weighted by molar-refractivity contribution is 0.290. The molecule has 1 atom stereocenters. The van der Waals surface area contributed by atoms with Crippen molar-refractivity contribution < 1.29 is 12.6 Å². The second-order valence-electron chi connectivity index (χ2n) is 3.17. The maximum atomic E-state index is 10.6. The van der Waals surface area contributed by atoms with Crippen LogP contribution in [-0.4, -0.2) is 34.4 Å². The first-order valence-corrected chi connectivity index (χ1v) is 5.95. The minimum Gasteiger partial charge on any atom is -0.316 e. The molecule has 1 aliphatic rings. The van der Waals surface area contributed by atoms with E-state index in [-0.39, 0.29) is 0 Å². The average molecular weight is 193 g/mol. The normalized spacial score (nSPS) is 24.6. The van der Waals surface area contributed by atoms with Crippen molar-refractivity contribution in [1.82, 2.24) is 5.32 Å². The molecule has 1 saturated heterocycles. The number of rotatable bonds is 4. The monoisotopic (exact) mass is 193 g/mol. The first-order valence-electron chi connectivity index (χ1n) is 4.13. The molecule has 72 valence electrons. The summed E-state index contributed by atoms with van der Waals surface area (Å²) in [7, 11) is -3.24. The number of nitrogens with one attached hydrogen (secondary N) is 1. The molecule has 1 N–H and O–H groups in total. The first-order chi connectivity index (χ1) is 5.58. The van der Waals surface area contributed by atoms with E-state index in [9.17, 15) is 8.42 Å². The van der Waals surface area contributed by atoms with E-state index in [0.717, 1.165) is 32.2 Å². The fourth-order valence-corrected chi connectivity index (χ4v) is 1.73. The summed E-state index contributed by atoms with van der Waals surface area (Å²) in [6.45, 7) is 2.36. The van der Waals surface area contributed by atoms with Crippen molar-refractivity contribution in [3.05, 3.63) is 0 Å². The summed E-state index contributed by atoms with van der Waals surface area (Å²) >= 11 is 0. The summed E-state index contributed by atoms with van der Waals surface area (Å²) in [4.78, 5) is 0. The van der Waals surface area contributed by atoms with Crippen LogP contribution >= 0.6 is 0 Å². The van der Waals surface area contributed by atoms with Crippen LogP contribution in [-0.2, 0) is 14.3 Å². The Hall–Kier alpha value is -0.130. The van der Waals surface area contributed by atoms with E-state index in [4.69, 9.17) is 0 Å². The van der Waals surface area contributed by atoms with Crippen molar-refractivity contribution >= 4 is 10.1 Å². The Bertz CT molecular complexity index is 219. The SMILES string of the molecule is CS(=O)(=O)OCC[C@@H]1CCNC1. The van der Waals surface area contributed by atoms with E-state index < -0.39 is 10.1 Å². The average Bonchev–Trinajstić information content (AvgIpc) is 2.36. The summed E-state index contributed by atoms with van der Waals surface area (Å²) in [6, 6.07) is 0. The van der Waals surface area contributed by atoms with Gasteiger partial charge in [0.2, 0.25) is 0 Å². The molecule has 1 aliphatic heterocycles. The van der Waals surface area contributed by atoms with Gasteiger partial charge < -0.3 is 5.32 Å². The molecule has 0 spiro atoms. The Balaban J connectivity index is 2.09. The highest BCUT2D eigenvalue weighted by Gasteiger charge is 2.14. The van der Waals surface area contributed by atoms with Crippen LogP contribution in [0.25, 0.3) is 0 Å². The Morgan fingerprint density at radius 3 is 2.83 bits per heavy atom. The van der Waals surface area contributed by atoms with Crippen LogP contribution in [0, 0.1) is 5.92 Å². The molecule has 0 unspecified atom stereocenters. The molecular formula is C7H15NO3S. The Labute approximate surface area is 73.4 Å². The van der Waals surface area contributed by atoms with E-state index in [1.807, 2.05) is 0 Å². The van der Waals surface area contributed by atoms with Gasteiger partial charge in [-0.1, -0.05) is 0 Å². The van der Waals surface area contributed by atoms with E-state index in [0.29, 0.717) is 12.5 Å². The van der Waals surface area contributed by atoms with Crippen LogP contribution in [0.3, 0.4) is 0 Å². The summed E-state index contributed by atoms with van der Waals surface area (Å²) in [5.74, 6) is 0.590. The second-order valence-corrected chi connectivity index (χ2v) is 4.82.